The molecule has 0 bridgehead atoms. The number of hydrogen-bond acceptors (Lipinski definition) is 4. The highest BCUT2D eigenvalue weighted by molar-refractivity contribution is 6.32. The standard InChI is InChI=1S/C15H9Cl2NO3/c1-20-13-5-2-8(6-11(13)17)14-18-12-4-3-9(16)7-10(12)15(19)21-14/h2-7H,1H3. The Morgan fingerprint density at radius 3 is 2.67 bits per heavy atom. The van der Waals surface area contributed by atoms with E-state index in [4.69, 9.17) is 32.4 Å². The maximum absolute atomic E-state index is 12.0. The van der Waals surface area contributed by atoms with Gasteiger partial charge in [0, 0.05) is 10.6 Å². The minimum Gasteiger partial charge on any atom is -0.495 e. The molecule has 1 heterocycles. The molecule has 4 nitrogen and oxygen atoms in total. The van der Waals surface area contributed by atoms with Crippen LogP contribution >= 0.6 is 23.2 Å². The van der Waals surface area contributed by atoms with Crippen molar-refractivity contribution in [2.24, 2.45) is 0 Å². The van der Waals surface area contributed by atoms with E-state index in [2.05, 4.69) is 4.98 Å². The van der Waals surface area contributed by atoms with E-state index < -0.39 is 5.63 Å². The molecule has 0 unspecified atom stereocenters. The molecule has 2 aromatic carbocycles. The van der Waals surface area contributed by atoms with E-state index in [0.29, 0.717) is 32.3 Å². The Hall–Kier alpha value is -2.04. The zero-order valence-electron chi connectivity index (χ0n) is 10.9. The summed E-state index contributed by atoms with van der Waals surface area (Å²) in [5.41, 5.74) is 0.608. The summed E-state index contributed by atoms with van der Waals surface area (Å²) in [5.74, 6) is 0.731. The molecule has 0 saturated heterocycles. The van der Waals surface area contributed by atoms with Gasteiger partial charge in [0.05, 0.1) is 23.0 Å². The minimum absolute atomic E-state index is 0.194. The topological polar surface area (TPSA) is 52.3 Å². The van der Waals surface area contributed by atoms with Crippen LogP contribution in [0.3, 0.4) is 0 Å². The Morgan fingerprint density at radius 1 is 1.14 bits per heavy atom. The number of aromatic nitrogens is 1. The molecule has 0 fully saturated rings. The number of hydrogen-bond donors (Lipinski definition) is 0. The summed E-state index contributed by atoms with van der Waals surface area (Å²) < 4.78 is 10.3. The molecular weight excluding hydrogens is 313 g/mol. The molecule has 21 heavy (non-hydrogen) atoms. The maximum atomic E-state index is 12.0. The van der Waals surface area contributed by atoms with Gasteiger partial charge in [0.2, 0.25) is 5.89 Å². The van der Waals surface area contributed by atoms with Gasteiger partial charge in [-0.3, -0.25) is 0 Å². The quantitative estimate of drug-likeness (QED) is 0.710. The monoisotopic (exact) mass is 321 g/mol. The first-order chi connectivity index (χ1) is 10.1. The summed E-state index contributed by atoms with van der Waals surface area (Å²) >= 11 is 11.9. The predicted molar refractivity (Wildman–Crippen MR) is 82.3 cm³/mol. The van der Waals surface area contributed by atoms with E-state index in [1.807, 2.05) is 0 Å². The summed E-state index contributed by atoms with van der Waals surface area (Å²) in [6, 6.07) is 9.90. The summed E-state index contributed by atoms with van der Waals surface area (Å²) in [6.07, 6.45) is 0. The van der Waals surface area contributed by atoms with Crippen LogP contribution in [-0.2, 0) is 0 Å². The fraction of sp³-hybridized carbons (Fsp3) is 0.0667. The van der Waals surface area contributed by atoms with Gasteiger partial charge in [-0.2, -0.15) is 0 Å². The van der Waals surface area contributed by atoms with Gasteiger partial charge in [0.15, 0.2) is 0 Å². The highest BCUT2D eigenvalue weighted by atomic mass is 35.5. The number of halogens is 2. The van der Waals surface area contributed by atoms with Gasteiger partial charge in [-0.25, -0.2) is 9.78 Å². The van der Waals surface area contributed by atoms with Crippen molar-refractivity contribution in [3.63, 3.8) is 0 Å². The zero-order valence-corrected chi connectivity index (χ0v) is 12.4. The van der Waals surface area contributed by atoms with Crippen LogP contribution in [0.4, 0.5) is 0 Å². The van der Waals surface area contributed by atoms with E-state index in [1.165, 1.54) is 13.2 Å². The van der Waals surface area contributed by atoms with Crippen molar-refractivity contribution >= 4 is 34.1 Å². The number of benzene rings is 2. The van der Waals surface area contributed by atoms with E-state index in [9.17, 15) is 4.79 Å². The molecule has 0 amide bonds. The molecule has 0 saturated carbocycles. The van der Waals surface area contributed by atoms with Crippen LogP contribution in [-0.4, -0.2) is 12.1 Å². The Morgan fingerprint density at radius 2 is 1.95 bits per heavy atom. The van der Waals surface area contributed by atoms with Crippen LogP contribution in [0.25, 0.3) is 22.4 Å². The van der Waals surface area contributed by atoms with Gasteiger partial charge >= 0.3 is 5.63 Å². The van der Waals surface area contributed by atoms with Crippen LogP contribution in [0.15, 0.2) is 45.6 Å². The van der Waals surface area contributed by atoms with Crippen molar-refractivity contribution in [2.75, 3.05) is 7.11 Å². The van der Waals surface area contributed by atoms with Crippen LogP contribution in [0.2, 0.25) is 10.0 Å². The second-order valence-corrected chi connectivity index (χ2v) is 5.16. The third-order valence-electron chi connectivity index (χ3n) is 2.99. The number of ether oxygens (including phenoxy) is 1. The van der Waals surface area contributed by atoms with Gasteiger partial charge in [-0.05, 0) is 36.4 Å². The highest BCUT2D eigenvalue weighted by Gasteiger charge is 2.11. The molecule has 3 rings (SSSR count). The maximum Gasteiger partial charge on any atom is 0.347 e. The fourth-order valence-electron chi connectivity index (χ4n) is 1.97. The van der Waals surface area contributed by atoms with Crippen molar-refractivity contribution in [3.8, 4) is 17.2 Å². The lowest BCUT2D eigenvalue weighted by Gasteiger charge is -2.05. The highest BCUT2D eigenvalue weighted by Crippen LogP contribution is 2.29. The molecule has 0 aliphatic carbocycles. The first-order valence-corrected chi connectivity index (χ1v) is 6.78. The van der Waals surface area contributed by atoms with E-state index in [0.717, 1.165) is 0 Å². The van der Waals surface area contributed by atoms with Crippen LogP contribution in [0.5, 0.6) is 5.75 Å². The fourth-order valence-corrected chi connectivity index (χ4v) is 2.40. The largest absolute Gasteiger partial charge is 0.495 e. The lowest BCUT2D eigenvalue weighted by atomic mass is 10.2. The van der Waals surface area contributed by atoms with Crippen molar-refractivity contribution in [3.05, 3.63) is 56.9 Å². The molecule has 0 spiro atoms. The normalized spacial score (nSPS) is 10.8. The Labute approximate surface area is 129 Å². The third-order valence-corrected chi connectivity index (χ3v) is 3.52. The number of nitrogens with zero attached hydrogens (tertiary/aromatic N) is 1. The Bertz CT molecular complexity index is 890. The van der Waals surface area contributed by atoms with E-state index >= 15 is 0 Å². The SMILES string of the molecule is COc1ccc(-c2nc3ccc(Cl)cc3c(=O)o2)cc1Cl. The van der Waals surface area contributed by atoms with Crippen LogP contribution in [0.1, 0.15) is 0 Å². The van der Waals surface area contributed by atoms with Gasteiger partial charge in [-0.1, -0.05) is 23.2 Å². The molecule has 3 aromatic rings. The average molecular weight is 322 g/mol. The second-order valence-electron chi connectivity index (χ2n) is 4.32. The minimum atomic E-state index is -0.496. The van der Waals surface area contributed by atoms with Crippen molar-refractivity contribution in [1.82, 2.24) is 4.98 Å². The summed E-state index contributed by atoms with van der Waals surface area (Å²) in [7, 11) is 1.53. The number of fused-ring (bicyclic) bond motifs is 1. The molecule has 0 radical (unpaired) electrons. The smallest absolute Gasteiger partial charge is 0.347 e. The third kappa shape index (κ3) is 2.60. The van der Waals surface area contributed by atoms with Crippen molar-refractivity contribution in [2.45, 2.75) is 0 Å². The molecule has 0 atom stereocenters. The van der Waals surface area contributed by atoms with Crippen LogP contribution in [0, 0.1) is 0 Å². The predicted octanol–water partition coefficient (Wildman–Crippen LogP) is 4.17. The summed E-state index contributed by atoms with van der Waals surface area (Å²) in [6.45, 7) is 0. The van der Waals surface area contributed by atoms with Gasteiger partial charge < -0.3 is 9.15 Å². The zero-order chi connectivity index (χ0) is 15.0. The first-order valence-electron chi connectivity index (χ1n) is 6.03. The molecular formula is C15H9Cl2NO3. The molecule has 0 aliphatic rings. The van der Waals surface area contributed by atoms with Crippen LogP contribution < -0.4 is 10.4 Å². The molecule has 1 aromatic heterocycles. The van der Waals surface area contributed by atoms with Crippen molar-refractivity contribution < 1.29 is 9.15 Å². The molecule has 106 valence electrons. The number of rotatable bonds is 2. The van der Waals surface area contributed by atoms with Crippen molar-refractivity contribution in [1.29, 1.82) is 0 Å². The Balaban J connectivity index is 2.19. The second kappa shape index (κ2) is 5.39. The molecule has 6 heteroatoms. The number of methoxy groups -OCH3 is 1. The summed E-state index contributed by atoms with van der Waals surface area (Å²) in [4.78, 5) is 16.3. The van der Waals surface area contributed by atoms with Gasteiger partial charge in [0.1, 0.15) is 5.75 Å². The van der Waals surface area contributed by atoms with Gasteiger partial charge in [-0.15, -0.1) is 0 Å². The molecule has 0 N–H and O–H groups in total. The Kier molecular flexibility index (Phi) is 3.57. The van der Waals surface area contributed by atoms with E-state index in [-0.39, 0.29) is 5.89 Å². The summed E-state index contributed by atoms with van der Waals surface area (Å²) in [5, 5.41) is 1.21. The van der Waals surface area contributed by atoms with Gasteiger partial charge in [0.25, 0.3) is 0 Å². The lowest BCUT2D eigenvalue weighted by Crippen LogP contribution is -2.02. The molecule has 0 aliphatic heterocycles. The first kappa shape index (κ1) is 13.9. The average Bonchev–Trinajstić information content (AvgIpc) is 2.47. The lowest BCUT2D eigenvalue weighted by molar-refractivity contribution is 0.415. The van der Waals surface area contributed by atoms with E-state index in [1.54, 1.807) is 30.3 Å².